The molecule has 2 aromatic rings. The van der Waals surface area contributed by atoms with Crippen molar-refractivity contribution in [2.45, 2.75) is 33.1 Å². The third-order valence-corrected chi connectivity index (χ3v) is 3.92. The van der Waals surface area contributed by atoms with Crippen LogP contribution in [0.4, 0.5) is 15.8 Å². The lowest BCUT2D eigenvalue weighted by molar-refractivity contribution is -0.117. The molecule has 0 radical (unpaired) electrons. The van der Waals surface area contributed by atoms with Gasteiger partial charge in [0.1, 0.15) is 5.82 Å². The molecule has 132 valence electrons. The van der Waals surface area contributed by atoms with E-state index in [1.54, 1.807) is 4.90 Å². The van der Waals surface area contributed by atoms with Crippen molar-refractivity contribution < 1.29 is 14.0 Å². The van der Waals surface area contributed by atoms with Crippen LogP contribution in [-0.2, 0) is 9.59 Å². The van der Waals surface area contributed by atoms with Gasteiger partial charge in [-0.05, 0) is 41.8 Å². The second-order valence-corrected chi connectivity index (χ2v) is 6.19. The van der Waals surface area contributed by atoms with E-state index in [4.69, 9.17) is 0 Å². The van der Waals surface area contributed by atoms with Crippen LogP contribution < -0.4 is 10.2 Å². The number of anilines is 2. The van der Waals surface area contributed by atoms with Crippen molar-refractivity contribution in [3.63, 3.8) is 0 Å². The number of amides is 2. The Kier molecular flexibility index (Phi) is 6.28. The number of benzene rings is 2. The molecule has 2 amide bonds. The minimum absolute atomic E-state index is 0.109. The van der Waals surface area contributed by atoms with Crippen LogP contribution in [0.5, 0.6) is 0 Å². The molecule has 0 atom stereocenters. The monoisotopic (exact) mass is 342 g/mol. The molecule has 0 unspecified atom stereocenters. The van der Waals surface area contributed by atoms with E-state index in [1.165, 1.54) is 31.2 Å². The van der Waals surface area contributed by atoms with E-state index >= 15 is 0 Å². The Morgan fingerprint density at radius 2 is 1.72 bits per heavy atom. The summed E-state index contributed by atoms with van der Waals surface area (Å²) >= 11 is 0. The second-order valence-electron chi connectivity index (χ2n) is 6.19. The van der Waals surface area contributed by atoms with Gasteiger partial charge in [-0.2, -0.15) is 0 Å². The molecule has 0 saturated carbocycles. The maximum absolute atomic E-state index is 12.9. The van der Waals surface area contributed by atoms with Crippen LogP contribution in [0.3, 0.4) is 0 Å². The maximum atomic E-state index is 12.9. The molecular formula is C20H23FN2O2. The second kappa shape index (κ2) is 8.42. The Morgan fingerprint density at radius 3 is 2.32 bits per heavy atom. The van der Waals surface area contributed by atoms with E-state index in [1.807, 2.05) is 24.3 Å². The lowest BCUT2D eigenvalue weighted by Crippen LogP contribution is -2.32. The van der Waals surface area contributed by atoms with E-state index < -0.39 is 0 Å². The first-order valence-electron chi connectivity index (χ1n) is 8.31. The van der Waals surface area contributed by atoms with Crippen molar-refractivity contribution in [1.29, 1.82) is 0 Å². The van der Waals surface area contributed by atoms with Gasteiger partial charge in [0.15, 0.2) is 0 Å². The highest BCUT2D eigenvalue weighted by Crippen LogP contribution is 2.27. The molecule has 2 rings (SSSR count). The van der Waals surface area contributed by atoms with E-state index in [0.717, 1.165) is 11.3 Å². The summed E-state index contributed by atoms with van der Waals surface area (Å²) in [5, 5.41) is 2.71. The van der Waals surface area contributed by atoms with Crippen molar-refractivity contribution in [1.82, 2.24) is 0 Å². The number of para-hydroxylation sites is 1. The van der Waals surface area contributed by atoms with Crippen LogP contribution >= 0.6 is 0 Å². The van der Waals surface area contributed by atoms with Gasteiger partial charge in [-0.15, -0.1) is 0 Å². The number of hydrogen-bond donors (Lipinski definition) is 1. The first-order valence-corrected chi connectivity index (χ1v) is 8.31. The highest BCUT2D eigenvalue weighted by molar-refractivity contribution is 5.95. The first-order chi connectivity index (χ1) is 11.9. The molecule has 0 aliphatic rings. The SMILES string of the molecule is CC(=O)N(CCC(=O)Nc1ccc(F)cc1)c1ccccc1C(C)C. The number of carbonyl (C=O) groups is 2. The third kappa shape index (κ3) is 5.14. The van der Waals surface area contributed by atoms with E-state index in [0.29, 0.717) is 5.69 Å². The van der Waals surface area contributed by atoms with Crippen molar-refractivity contribution >= 4 is 23.2 Å². The molecule has 1 N–H and O–H groups in total. The average molecular weight is 342 g/mol. The molecule has 4 nitrogen and oxygen atoms in total. The van der Waals surface area contributed by atoms with Crippen LogP contribution in [0, 0.1) is 5.82 Å². The molecule has 0 heterocycles. The van der Waals surface area contributed by atoms with Crippen molar-refractivity contribution in [3.8, 4) is 0 Å². The van der Waals surface area contributed by atoms with Crippen molar-refractivity contribution in [2.75, 3.05) is 16.8 Å². The fourth-order valence-corrected chi connectivity index (χ4v) is 2.64. The Hall–Kier alpha value is -2.69. The summed E-state index contributed by atoms with van der Waals surface area (Å²) in [7, 11) is 0. The van der Waals surface area contributed by atoms with Gasteiger partial charge in [0.05, 0.1) is 0 Å². The van der Waals surface area contributed by atoms with Crippen molar-refractivity contribution in [2.24, 2.45) is 0 Å². The van der Waals surface area contributed by atoms with E-state index in [9.17, 15) is 14.0 Å². The average Bonchev–Trinajstić information content (AvgIpc) is 2.57. The van der Waals surface area contributed by atoms with Gasteiger partial charge >= 0.3 is 0 Å². The van der Waals surface area contributed by atoms with Crippen LogP contribution in [0.15, 0.2) is 48.5 Å². The lowest BCUT2D eigenvalue weighted by Gasteiger charge is -2.25. The predicted octanol–water partition coefficient (Wildman–Crippen LogP) is 4.33. The summed E-state index contributed by atoms with van der Waals surface area (Å²) in [4.78, 5) is 25.8. The smallest absolute Gasteiger partial charge is 0.226 e. The Bertz CT molecular complexity index is 742. The van der Waals surface area contributed by atoms with Crippen LogP contribution in [0.25, 0.3) is 0 Å². The van der Waals surface area contributed by atoms with Gasteiger partial charge in [0.25, 0.3) is 0 Å². The maximum Gasteiger partial charge on any atom is 0.226 e. The summed E-state index contributed by atoms with van der Waals surface area (Å²) in [6.45, 7) is 5.91. The summed E-state index contributed by atoms with van der Waals surface area (Å²) < 4.78 is 12.9. The van der Waals surface area contributed by atoms with Gasteiger partial charge in [-0.3, -0.25) is 9.59 Å². The normalized spacial score (nSPS) is 10.6. The predicted molar refractivity (Wildman–Crippen MR) is 98.2 cm³/mol. The number of carbonyl (C=O) groups excluding carboxylic acids is 2. The summed E-state index contributed by atoms with van der Waals surface area (Å²) in [5.41, 5.74) is 2.43. The van der Waals surface area contributed by atoms with Gasteiger partial charge < -0.3 is 10.2 Å². The number of hydrogen-bond acceptors (Lipinski definition) is 2. The Balaban J connectivity index is 2.06. The molecule has 0 spiro atoms. The summed E-state index contributed by atoms with van der Waals surface area (Å²) in [5.74, 6) is -0.417. The standard InChI is InChI=1S/C20H23FN2O2/c1-14(2)18-6-4-5-7-19(18)23(15(3)24)13-12-20(25)22-17-10-8-16(21)9-11-17/h4-11,14H,12-13H2,1-3H3,(H,22,25). The van der Waals surface area contributed by atoms with Gasteiger partial charge in [0.2, 0.25) is 11.8 Å². The first kappa shape index (κ1) is 18.6. The third-order valence-electron chi connectivity index (χ3n) is 3.92. The number of halogens is 1. The Morgan fingerprint density at radius 1 is 1.08 bits per heavy atom. The minimum Gasteiger partial charge on any atom is -0.326 e. The van der Waals surface area contributed by atoms with Gasteiger partial charge in [0, 0.05) is 31.3 Å². The molecule has 0 aliphatic carbocycles. The number of rotatable bonds is 6. The zero-order chi connectivity index (χ0) is 18.4. The zero-order valence-electron chi connectivity index (χ0n) is 14.8. The van der Waals surface area contributed by atoms with Crippen LogP contribution in [-0.4, -0.2) is 18.4 Å². The topological polar surface area (TPSA) is 49.4 Å². The fourth-order valence-electron chi connectivity index (χ4n) is 2.64. The molecule has 0 aliphatic heterocycles. The molecule has 0 saturated heterocycles. The Labute approximate surface area is 147 Å². The highest BCUT2D eigenvalue weighted by atomic mass is 19.1. The fraction of sp³-hybridized carbons (Fsp3) is 0.300. The van der Waals surface area contributed by atoms with Gasteiger partial charge in [-0.1, -0.05) is 32.0 Å². The van der Waals surface area contributed by atoms with E-state index in [2.05, 4.69) is 19.2 Å². The quantitative estimate of drug-likeness (QED) is 0.849. The molecule has 0 bridgehead atoms. The largest absolute Gasteiger partial charge is 0.326 e. The molecular weight excluding hydrogens is 319 g/mol. The summed E-state index contributed by atoms with van der Waals surface area (Å²) in [6, 6.07) is 13.3. The molecule has 2 aromatic carbocycles. The minimum atomic E-state index is -0.356. The lowest BCUT2D eigenvalue weighted by atomic mass is 10.0. The van der Waals surface area contributed by atoms with Crippen molar-refractivity contribution in [3.05, 3.63) is 59.9 Å². The zero-order valence-corrected chi connectivity index (χ0v) is 14.8. The molecule has 0 aromatic heterocycles. The number of nitrogens with zero attached hydrogens (tertiary/aromatic N) is 1. The van der Waals surface area contributed by atoms with E-state index in [-0.39, 0.29) is 36.5 Å². The van der Waals surface area contributed by atoms with Crippen LogP contribution in [0.2, 0.25) is 0 Å². The van der Waals surface area contributed by atoms with Crippen LogP contribution in [0.1, 0.15) is 38.7 Å². The van der Waals surface area contributed by atoms with Gasteiger partial charge in [-0.25, -0.2) is 4.39 Å². The number of nitrogens with one attached hydrogen (secondary N) is 1. The summed E-state index contributed by atoms with van der Waals surface area (Å²) in [6.07, 6.45) is 0.156. The molecule has 5 heteroatoms. The highest BCUT2D eigenvalue weighted by Gasteiger charge is 2.17. The molecule has 25 heavy (non-hydrogen) atoms. The molecule has 0 fully saturated rings.